The van der Waals surface area contributed by atoms with Crippen molar-refractivity contribution in [1.29, 1.82) is 0 Å². The number of carbonyl (C=O) groups excluding carboxylic acids is 2. The van der Waals surface area contributed by atoms with Gasteiger partial charge < -0.3 is 9.64 Å². The normalized spacial score (nSPS) is 17.9. The van der Waals surface area contributed by atoms with Gasteiger partial charge in [-0.25, -0.2) is 4.79 Å². The van der Waals surface area contributed by atoms with E-state index in [1.165, 1.54) is 5.56 Å². The number of carbonyl (C=O) groups is 2. The minimum Gasteiger partial charge on any atom is -0.463 e. The van der Waals surface area contributed by atoms with Crippen LogP contribution < -0.4 is 0 Å². The van der Waals surface area contributed by atoms with E-state index in [-0.39, 0.29) is 24.2 Å². The molecule has 1 atom stereocenters. The summed E-state index contributed by atoms with van der Waals surface area (Å²) in [6, 6.07) is 8.17. The SMILES string of the molecule is C=CCN1C(=O)CC(c2ccc(C(C)C)cc2)C(C(=O)OCC)=C1C. The first-order chi connectivity index (χ1) is 11.9. The van der Waals surface area contributed by atoms with Crippen molar-refractivity contribution in [2.45, 2.75) is 46.0 Å². The van der Waals surface area contributed by atoms with Gasteiger partial charge >= 0.3 is 5.97 Å². The lowest BCUT2D eigenvalue weighted by molar-refractivity contribution is -0.139. The van der Waals surface area contributed by atoms with Gasteiger partial charge in [0.1, 0.15) is 0 Å². The highest BCUT2D eigenvalue weighted by Crippen LogP contribution is 2.37. The van der Waals surface area contributed by atoms with E-state index in [2.05, 4.69) is 32.6 Å². The molecule has 1 amide bonds. The number of hydrogen-bond donors (Lipinski definition) is 0. The van der Waals surface area contributed by atoms with Crippen molar-refractivity contribution in [3.05, 3.63) is 59.3 Å². The summed E-state index contributed by atoms with van der Waals surface area (Å²) in [4.78, 5) is 26.8. The molecule has 1 heterocycles. The van der Waals surface area contributed by atoms with Gasteiger partial charge in [0, 0.05) is 24.6 Å². The van der Waals surface area contributed by atoms with Gasteiger partial charge in [-0.1, -0.05) is 44.2 Å². The average molecular weight is 341 g/mol. The van der Waals surface area contributed by atoms with Crippen molar-refractivity contribution in [2.24, 2.45) is 0 Å². The number of rotatable bonds is 6. The minimum absolute atomic E-state index is 0.00313. The van der Waals surface area contributed by atoms with E-state index < -0.39 is 0 Å². The van der Waals surface area contributed by atoms with Gasteiger partial charge in [-0.05, 0) is 30.9 Å². The highest BCUT2D eigenvalue weighted by atomic mass is 16.5. The molecule has 0 N–H and O–H groups in total. The number of esters is 1. The van der Waals surface area contributed by atoms with Crippen LogP contribution in [0.3, 0.4) is 0 Å². The second kappa shape index (κ2) is 8.15. The van der Waals surface area contributed by atoms with Crippen LogP contribution in [0.15, 0.2) is 48.2 Å². The molecule has 1 aliphatic rings. The number of ether oxygens (including phenoxy) is 1. The predicted molar refractivity (Wildman–Crippen MR) is 99.1 cm³/mol. The number of amides is 1. The van der Waals surface area contributed by atoms with Crippen molar-refractivity contribution in [1.82, 2.24) is 4.90 Å². The van der Waals surface area contributed by atoms with Gasteiger partial charge in [-0.2, -0.15) is 0 Å². The van der Waals surface area contributed by atoms with Crippen molar-refractivity contribution < 1.29 is 14.3 Å². The second-order valence-corrected chi connectivity index (χ2v) is 6.59. The topological polar surface area (TPSA) is 46.6 Å². The minimum atomic E-state index is -0.348. The summed E-state index contributed by atoms with van der Waals surface area (Å²) in [7, 11) is 0. The first-order valence-electron chi connectivity index (χ1n) is 8.79. The number of nitrogens with zero attached hydrogens (tertiary/aromatic N) is 1. The van der Waals surface area contributed by atoms with Crippen LogP contribution in [0.25, 0.3) is 0 Å². The van der Waals surface area contributed by atoms with Gasteiger partial charge in [-0.3, -0.25) is 4.79 Å². The highest BCUT2D eigenvalue weighted by molar-refractivity contribution is 5.95. The summed E-state index contributed by atoms with van der Waals surface area (Å²) in [5.41, 5.74) is 3.43. The van der Waals surface area contributed by atoms with Gasteiger partial charge in [0.2, 0.25) is 5.91 Å². The molecule has 25 heavy (non-hydrogen) atoms. The van der Waals surface area contributed by atoms with Crippen LogP contribution in [-0.4, -0.2) is 29.9 Å². The Hall–Kier alpha value is -2.36. The molecule has 0 bridgehead atoms. The van der Waals surface area contributed by atoms with Crippen LogP contribution >= 0.6 is 0 Å². The lowest BCUT2D eigenvalue weighted by Gasteiger charge is -2.34. The fraction of sp³-hybridized carbons (Fsp3) is 0.429. The van der Waals surface area contributed by atoms with E-state index >= 15 is 0 Å². The number of hydrogen-bond acceptors (Lipinski definition) is 3. The summed E-state index contributed by atoms with van der Waals surface area (Å²) in [6.45, 7) is 12.3. The summed E-state index contributed by atoms with van der Waals surface area (Å²) < 4.78 is 5.27. The average Bonchev–Trinajstić information content (AvgIpc) is 2.58. The highest BCUT2D eigenvalue weighted by Gasteiger charge is 2.36. The zero-order valence-electron chi connectivity index (χ0n) is 15.5. The quantitative estimate of drug-likeness (QED) is 0.577. The lowest BCUT2D eigenvalue weighted by Crippen LogP contribution is -2.38. The standard InChI is InChI=1S/C21H27NO3/c1-6-12-22-15(5)20(21(24)25-7-2)18(13-19(22)23)17-10-8-16(9-11-17)14(3)4/h6,8-11,14,18H,1,7,12-13H2,2-5H3. The van der Waals surface area contributed by atoms with Gasteiger partial charge in [0.25, 0.3) is 0 Å². The molecule has 0 spiro atoms. The molecule has 4 nitrogen and oxygen atoms in total. The molecular weight excluding hydrogens is 314 g/mol. The molecule has 1 aromatic carbocycles. The Morgan fingerprint density at radius 3 is 2.52 bits per heavy atom. The molecule has 2 rings (SSSR count). The maximum atomic E-state index is 12.6. The Labute approximate surface area is 150 Å². The van der Waals surface area contributed by atoms with Crippen molar-refractivity contribution in [3.8, 4) is 0 Å². The molecular formula is C21H27NO3. The lowest BCUT2D eigenvalue weighted by atomic mass is 9.83. The molecule has 0 saturated heterocycles. The maximum Gasteiger partial charge on any atom is 0.336 e. The Bertz CT molecular complexity index is 686. The van der Waals surface area contributed by atoms with Crippen molar-refractivity contribution in [3.63, 3.8) is 0 Å². The van der Waals surface area contributed by atoms with Gasteiger partial charge in [-0.15, -0.1) is 6.58 Å². The summed E-state index contributed by atoms with van der Waals surface area (Å²) in [6.07, 6.45) is 1.93. The van der Waals surface area contributed by atoms with Gasteiger partial charge in [0.05, 0.1) is 12.2 Å². The summed E-state index contributed by atoms with van der Waals surface area (Å²) in [5, 5.41) is 0. The first-order valence-corrected chi connectivity index (χ1v) is 8.79. The van der Waals surface area contributed by atoms with Crippen LogP contribution in [0.2, 0.25) is 0 Å². The molecule has 1 aliphatic heterocycles. The van der Waals surface area contributed by atoms with E-state index in [4.69, 9.17) is 4.74 Å². The van der Waals surface area contributed by atoms with E-state index in [9.17, 15) is 9.59 Å². The Kier molecular flexibility index (Phi) is 6.18. The Morgan fingerprint density at radius 1 is 1.36 bits per heavy atom. The number of benzene rings is 1. The summed E-state index contributed by atoms with van der Waals surface area (Å²) >= 11 is 0. The third kappa shape index (κ3) is 4.01. The molecule has 134 valence electrons. The third-order valence-electron chi connectivity index (χ3n) is 4.64. The molecule has 0 aromatic heterocycles. The first kappa shape index (κ1) is 19.0. The molecule has 0 aliphatic carbocycles. The number of allylic oxidation sites excluding steroid dienone is 1. The van der Waals surface area contributed by atoms with Crippen LogP contribution in [0, 0.1) is 0 Å². The van der Waals surface area contributed by atoms with Gasteiger partial charge in [0.15, 0.2) is 0 Å². The van der Waals surface area contributed by atoms with Crippen LogP contribution in [0.1, 0.15) is 57.1 Å². The largest absolute Gasteiger partial charge is 0.463 e. The van der Waals surface area contributed by atoms with E-state index in [1.54, 1.807) is 17.9 Å². The second-order valence-electron chi connectivity index (χ2n) is 6.59. The fourth-order valence-corrected chi connectivity index (χ4v) is 3.24. The summed E-state index contributed by atoms with van der Waals surface area (Å²) in [5.74, 6) is -0.177. The van der Waals surface area contributed by atoms with Crippen LogP contribution in [0.5, 0.6) is 0 Å². The van der Waals surface area contributed by atoms with E-state index in [1.807, 2.05) is 19.1 Å². The predicted octanol–water partition coefficient (Wildman–Crippen LogP) is 4.15. The molecule has 4 heteroatoms. The monoisotopic (exact) mass is 341 g/mol. The molecule has 0 saturated carbocycles. The zero-order valence-corrected chi connectivity index (χ0v) is 15.5. The molecule has 0 fully saturated rings. The molecule has 1 unspecified atom stereocenters. The Balaban J connectivity index is 2.48. The fourth-order valence-electron chi connectivity index (χ4n) is 3.24. The maximum absolute atomic E-state index is 12.6. The Morgan fingerprint density at radius 2 is 2.00 bits per heavy atom. The van der Waals surface area contributed by atoms with Crippen LogP contribution in [0.4, 0.5) is 0 Å². The van der Waals surface area contributed by atoms with Crippen LogP contribution in [-0.2, 0) is 14.3 Å². The molecule has 0 radical (unpaired) electrons. The smallest absolute Gasteiger partial charge is 0.336 e. The third-order valence-corrected chi connectivity index (χ3v) is 4.64. The molecule has 1 aromatic rings. The van der Waals surface area contributed by atoms with E-state index in [0.29, 0.717) is 30.3 Å². The van der Waals surface area contributed by atoms with Crippen molar-refractivity contribution >= 4 is 11.9 Å². The van der Waals surface area contributed by atoms with E-state index in [0.717, 1.165) is 5.56 Å². The van der Waals surface area contributed by atoms with Crippen molar-refractivity contribution in [2.75, 3.05) is 13.2 Å². The zero-order chi connectivity index (χ0) is 18.6.